The van der Waals surface area contributed by atoms with E-state index < -0.39 is 0 Å². The second-order valence-corrected chi connectivity index (χ2v) is 5.08. The number of nitriles is 1. The first kappa shape index (κ1) is 12.6. The molecule has 0 aliphatic carbocycles. The van der Waals surface area contributed by atoms with Gasteiger partial charge in [0.2, 0.25) is 5.95 Å². The maximum absolute atomic E-state index is 8.87. The maximum Gasteiger partial charge on any atom is 0.243 e. The average Bonchev–Trinajstić information content (AvgIpc) is 2.90. The molecule has 0 radical (unpaired) electrons. The molecule has 1 aromatic carbocycles. The van der Waals surface area contributed by atoms with E-state index >= 15 is 0 Å². The Labute approximate surface area is 124 Å². The van der Waals surface area contributed by atoms with Crippen LogP contribution in [-0.2, 0) is 6.54 Å². The summed E-state index contributed by atoms with van der Waals surface area (Å²) >= 11 is 3.44. The topological polar surface area (TPSA) is 66.0 Å². The SMILES string of the molecule is N#Cc1cccc(CNc2nc3c(Br)cccn3n2)c1. The lowest BCUT2D eigenvalue weighted by Crippen LogP contribution is -2.01. The van der Waals surface area contributed by atoms with E-state index in [0.29, 0.717) is 18.1 Å². The van der Waals surface area contributed by atoms with Gasteiger partial charge in [0.05, 0.1) is 16.1 Å². The highest BCUT2D eigenvalue weighted by Crippen LogP contribution is 2.17. The average molecular weight is 328 g/mol. The Balaban J connectivity index is 1.80. The van der Waals surface area contributed by atoms with E-state index in [1.807, 2.05) is 36.5 Å². The summed E-state index contributed by atoms with van der Waals surface area (Å²) in [6.07, 6.45) is 1.84. The van der Waals surface area contributed by atoms with Gasteiger partial charge in [-0.1, -0.05) is 12.1 Å². The molecule has 0 saturated carbocycles. The molecule has 5 nitrogen and oxygen atoms in total. The van der Waals surface area contributed by atoms with E-state index in [9.17, 15) is 0 Å². The smallest absolute Gasteiger partial charge is 0.243 e. The van der Waals surface area contributed by atoms with Crippen molar-refractivity contribution >= 4 is 27.5 Å². The van der Waals surface area contributed by atoms with Crippen molar-refractivity contribution in [1.29, 1.82) is 5.26 Å². The van der Waals surface area contributed by atoms with E-state index in [1.54, 1.807) is 10.6 Å². The van der Waals surface area contributed by atoms with Crippen LogP contribution in [0.15, 0.2) is 47.1 Å². The molecule has 0 unspecified atom stereocenters. The lowest BCUT2D eigenvalue weighted by Gasteiger charge is -2.01. The van der Waals surface area contributed by atoms with Gasteiger partial charge in [-0.3, -0.25) is 0 Å². The number of halogens is 1. The molecule has 0 aliphatic heterocycles. The quantitative estimate of drug-likeness (QED) is 0.803. The largest absolute Gasteiger partial charge is 0.349 e. The van der Waals surface area contributed by atoms with Crippen LogP contribution in [-0.4, -0.2) is 14.6 Å². The number of anilines is 1. The summed E-state index contributed by atoms with van der Waals surface area (Å²) in [5, 5.41) is 16.4. The third kappa shape index (κ3) is 2.49. The molecular formula is C14H10BrN5. The molecule has 6 heteroatoms. The van der Waals surface area contributed by atoms with E-state index in [-0.39, 0.29) is 0 Å². The Bertz CT molecular complexity index is 803. The van der Waals surface area contributed by atoms with Crippen LogP contribution in [0.25, 0.3) is 5.65 Å². The summed E-state index contributed by atoms with van der Waals surface area (Å²) in [5.41, 5.74) is 2.43. The number of nitrogens with zero attached hydrogens (tertiary/aromatic N) is 4. The van der Waals surface area contributed by atoms with Crippen LogP contribution in [0.3, 0.4) is 0 Å². The van der Waals surface area contributed by atoms with E-state index in [0.717, 1.165) is 15.7 Å². The minimum absolute atomic E-state index is 0.555. The Morgan fingerprint density at radius 3 is 3.00 bits per heavy atom. The second kappa shape index (κ2) is 5.31. The van der Waals surface area contributed by atoms with E-state index in [4.69, 9.17) is 5.26 Å². The van der Waals surface area contributed by atoms with Crippen LogP contribution in [0.2, 0.25) is 0 Å². The van der Waals surface area contributed by atoms with Gasteiger partial charge in [0, 0.05) is 12.7 Å². The van der Waals surface area contributed by atoms with E-state index in [2.05, 4.69) is 37.4 Å². The van der Waals surface area contributed by atoms with Gasteiger partial charge in [-0.15, -0.1) is 5.10 Å². The van der Waals surface area contributed by atoms with Crippen LogP contribution in [0, 0.1) is 11.3 Å². The standard InChI is InChI=1S/C14H10BrN5/c15-12-5-2-6-20-13(12)18-14(19-20)17-9-11-4-1-3-10(7-11)8-16/h1-7H,9H2,(H,17,19). The molecule has 2 aromatic heterocycles. The molecule has 0 bridgehead atoms. The Hall–Kier alpha value is -2.39. The number of pyridine rings is 1. The highest BCUT2D eigenvalue weighted by atomic mass is 79.9. The molecule has 1 N–H and O–H groups in total. The summed E-state index contributed by atoms with van der Waals surface area (Å²) in [6, 6.07) is 13.4. The van der Waals surface area contributed by atoms with Gasteiger partial charge >= 0.3 is 0 Å². The van der Waals surface area contributed by atoms with Crippen molar-refractivity contribution < 1.29 is 0 Å². The molecule has 0 fully saturated rings. The fraction of sp³-hybridized carbons (Fsp3) is 0.0714. The van der Waals surface area contributed by atoms with Crippen molar-refractivity contribution in [2.24, 2.45) is 0 Å². The van der Waals surface area contributed by atoms with Crippen molar-refractivity contribution in [3.05, 3.63) is 58.2 Å². The minimum Gasteiger partial charge on any atom is -0.349 e. The van der Waals surface area contributed by atoms with Gasteiger partial charge in [-0.2, -0.15) is 10.2 Å². The molecule has 0 amide bonds. The lowest BCUT2D eigenvalue weighted by atomic mass is 10.1. The normalized spacial score (nSPS) is 10.4. The molecule has 3 aromatic rings. The number of rotatable bonds is 3. The van der Waals surface area contributed by atoms with Crippen LogP contribution >= 0.6 is 15.9 Å². The van der Waals surface area contributed by atoms with Crippen molar-refractivity contribution in [3.63, 3.8) is 0 Å². The zero-order chi connectivity index (χ0) is 13.9. The Kier molecular flexibility index (Phi) is 3.35. The van der Waals surface area contributed by atoms with Crippen molar-refractivity contribution in [2.45, 2.75) is 6.54 Å². The van der Waals surface area contributed by atoms with Gasteiger partial charge in [0.25, 0.3) is 0 Å². The van der Waals surface area contributed by atoms with E-state index in [1.165, 1.54) is 0 Å². The second-order valence-electron chi connectivity index (χ2n) is 4.23. The Morgan fingerprint density at radius 2 is 2.20 bits per heavy atom. The highest BCUT2D eigenvalue weighted by Gasteiger charge is 2.05. The third-order valence-electron chi connectivity index (χ3n) is 2.82. The van der Waals surface area contributed by atoms with Crippen LogP contribution in [0.1, 0.15) is 11.1 Å². The molecule has 20 heavy (non-hydrogen) atoms. The minimum atomic E-state index is 0.555. The lowest BCUT2D eigenvalue weighted by molar-refractivity contribution is 0.948. The van der Waals surface area contributed by atoms with Gasteiger partial charge in [-0.05, 0) is 45.8 Å². The fourth-order valence-electron chi connectivity index (χ4n) is 1.88. The van der Waals surface area contributed by atoms with Crippen LogP contribution in [0.4, 0.5) is 5.95 Å². The summed E-state index contributed by atoms with van der Waals surface area (Å²) in [6.45, 7) is 0.573. The number of hydrogen-bond acceptors (Lipinski definition) is 4. The van der Waals surface area contributed by atoms with Gasteiger partial charge in [0.1, 0.15) is 0 Å². The molecule has 0 atom stereocenters. The fourth-order valence-corrected chi connectivity index (χ4v) is 2.30. The predicted octanol–water partition coefficient (Wildman–Crippen LogP) is 2.98. The first-order chi connectivity index (χ1) is 9.76. The number of nitrogens with one attached hydrogen (secondary N) is 1. The molecule has 3 rings (SSSR count). The first-order valence-electron chi connectivity index (χ1n) is 6.00. The zero-order valence-corrected chi connectivity index (χ0v) is 12.0. The summed E-state index contributed by atoms with van der Waals surface area (Å²) in [4.78, 5) is 4.40. The summed E-state index contributed by atoms with van der Waals surface area (Å²) < 4.78 is 2.60. The van der Waals surface area contributed by atoms with Crippen LogP contribution in [0.5, 0.6) is 0 Å². The third-order valence-corrected chi connectivity index (χ3v) is 3.44. The summed E-state index contributed by atoms with van der Waals surface area (Å²) in [7, 11) is 0. The highest BCUT2D eigenvalue weighted by molar-refractivity contribution is 9.10. The van der Waals surface area contributed by atoms with Crippen LogP contribution < -0.4 is 5.32 Å². The molecular weight excluding hydrogens is 318 g/mol. The van der Waals surface area contributed by atoms with Crippen molar-refractivity contribution in [1.82, 2.24) is 14.6 Å². The summed E-state index contributed by atoms with van der Waals surface area (Å²) in [5.74, 6) is 0.555. The molecule has 98 valence electrons. The van der Waals surface area contributed by atoms with Gasteiger partial charge in [0.15, 0.2) is 5.65 Å². The van der Waals surface area contributed by atoms with Gasteiger partial charge < -0.3 is 5.32 Å². The monoisotopic (exact) mass is 327 g/mol. The number of hydrogen-bond donors (Lipinski definition) is 1. The first-order valence-corrected chi connectivity index (χ1v) is 6.79. The number of aromatic nitrogens is 3. The maximum atomic E-state index is 8.87. The number of fused-ring (bicyclic) bond motifs is 1. The predicted molar refractivity (Wildman–Crippen MR) is 79.2 cm³/mol. The van der Waals surface area contributed by atoms with Crippen molar-refractivity contribution in [3.8, 4) is 6.07 Å². The van der Waals surface area contributed by atoms with Gasteiger partial charge in [-0.25, -0.2) is 4.52 Å². The number of benzene rings is 1. The molecule has 2 heterocycles. The van der Waals surface area contributed by atoms with Crippen molar-refractivity contribution in [2.75, 3.05) is 5.32 Å². The molecule has 0 saturated heterocycles. The Morgan fingerprint density at radius 1 is 1.30 bits per heavy atom. The molecule has 0 aliphatic rings. The molecule has 0 spiro atoms. The zero-order valence-electron chi connectivity index (χ0n) is 10.4.